The van der Waals surface area contributed by atoms with Crippen molar-refractivity contribution in [3.05, 3.63) is 36.2 Å². The fraction of sp³-hybridized carbons (Fsp3) is 0.438. The number of halogens is 2. The summed E-state index contributed by atoms with van der Waals surface area (Å²) in [5.74, 6) is 1.04. The van der Waals surface area contributed by atoms with Gasteiger partial charge in [-0.15, -0.1) is 24.8 Å². The zero-order valence-electron chi connectivity index (χ0n) is 13.1. The Morgan fingerprint density at radius 1 is 1.04 bits per heavy atom. The van der Waals surface area contributed by atoms with Crippen LogP contribution in [0.4, 0.5) is 0 Å². The van der Waals surface area contributed by atoms with Gasteiger partial charge in [-0.05, 0) is 19.1 Å². The minimum atomic E-state index is 0. The highest BCUT2D eigenvalue weighted by Crippen LogP contribution is 2.21. The van der Waals surface area contributed by atoms with Crippen LogP contribution < -0.4 is 0 Å². The van der Waals surface area contributed by atoms with Gasteiger partial charge in [-0.2, -0.15) is 0 Å². The number of morpholine rings is 1. The number of hydrogen-bond donors (Lipinski definition) is 0. The van der Waals surface area contributed by atoms with Gasteiger partial charge in [0.05, 0.1) is 29.9 Å². The SMILES string of the molecule is Cc1cn2c3ccccc3n(CCN3CCOCC3)c2n1.Cl.Cl. The summed E-state index contributed by atoms with van der Waals surface area (Å²) in [7, 11) is 0. The molecule has 0 amide bonds. The Morgan fingerprint density at radius 3 is 2.48 bits per heavy atom. The maximum atomic E-state index is 5.42. The molecule has 4 rings (SSSR count). The minimum absolute atomic E-state index is 0. The summed E-state index contributed by atoms with van der Waals surface area (Å²) in [5.41, 5.74) is 3.55. The van der Waals surface area contributed by atoms with Gasteiger partial charge in [0.25, 0.3) is 0 Å². The number of para-hydroxylation sites is 2. The molecule has 0 aliphatic carbocycles. The van der Waals surface area contributed by atoms with E-state index in [0.29, 0.717) is 0 Å². The molecule has 23 heavy (non-hydrogen) atoms. The number of hydrogen-bond acceptors (Lipinski definition) is 3. The number of aryl methyl sites for hydroxylation is 1. The maximum Gasteiger partial charge on any atom is 0.215 e. The van der Waals surface area contributed by atoms with Crippen molar-refractivity contribution in [3.63, 3.8) is 0 Å². The van der Waals surface area contributed by atoms with E-state index in [0.717, 1.165) is 50.9 Å². The summed E-state index contributed by atoms with van der Waals surface area (Å²) in [6.45, 7) is 7.83. The Hall–Kier alpha value is -1.27. The zero-order valence-corrected chi connectivity index (χ0v) is 14.8. The predicted octanol–water partition coefficient (Wildman–Crippen LogP) is 2.77. The van der Waals surface area contributed by atoms with Crippen LogP contribution in [-0.4, -0.2) is 51.7 Å². The molecule has 1 aliphatic rings. The van der Waals surface area contributed by atoms with E-state index in [1.807, 2.05) is 6.92 Å². The van der Waals surface area contributed by atoms with Crippen LogP contribution in [0.1, 0.15) is 5.69 Å². The summed E-state index contributed by atoms with van der Waals surface area (Å²) in [6, 6.07) is 8.52. The molecule has 0 atom stereocenters. The first-order chi connectivity index (χ1) is 10.3. The highest BCUT2D eigenvalue weighted by molar-refractivity contribution is 5.85. The number of imidazole rings is 2. The van der Waals surface area contributed by atoms with Crippen molar-refractivity contribution in [2.75, 3.05) is 32.8 Å². The Labute approximate surface area is 148 Å². The molecule has 2 aromatic heterocycles. The van der Waals surface area contributed by atoms with Crippen molar-refractivity contribution in [2.24, 2.45) is 0 Å². The van der Waals surface area contributed by atoms with Crippen LogP contribution in [0.3, 0.4) is 0 Å². The Kier molecular flexibility index (Phi) is 5.92. The van der Waals surface area contributed by atoms with Crippen molar-refractivity contribution >= 4 is 41.6 Å². The number of aromatic nitrogens is 3. The molecule has 5 nitrogen and oxygen atoms in total. The van der Waals surface area contributed by atoms with E-state index in [-0.39, 0.29) is 24.8 Å². The average molecular weight is 357 g/mol. The quantitative estimate of drug-likeness (QED) is 0.723. The summed E-state index contributed by atoms with van der Waals surface area (Å²) in [4.78, 5) is 7.16. The first kappa shape index (κ1) is 18.1. The second kappa shape index (κ2) is 7.53. The average Bonchev–Trinajstić information content (AvgIpc) is 3.02. The molecule has 0 N–H and O–H groups in total. The van der Waals surface area contributed by atoms with Crippen LogP contribution in [0.5, 0.6) is 0 Å². The molecule has 0 radical (unpaired) electrons. The molecular formula is C16H22Cl2N4O. The third kappa shape index (κ3) is 3.33. The summed E-state index contributed by atoms with van der Waals surface area (Å²) >= 11 is 0. The standard InChI is InChI=1S/C16H20N4O.2ClH/c1-13-12-20-15-5-3-2-4-14(15)19(16(20)17-13)7-6-18-8-10-21-11-9-18;;/h2-5,12H,6-11H2,1H3;2*1H. The maximum absolute atomic E-state index is 5.42. The van der Waals surface area contributed by atoms with E-state index in [1.54, 1.807) is 0 Å². The number of nitrogens with zero attached hydrogens (tertiary/aromatic N) is 4. The van der Waals surface area contributed by atoms with Crippen LogP contribution >= 0.6 is 24.8 Å². The van der Waals surface area contributed by atoms with Gasteiger partial charge in [-0.1, -0.05) is 12.1 Å². The Balaban J connectivity index is 0.000000960. The van der Waals surface area contributed by atoms with Gasteiger partial charge in [0, 0.05) is 32.4 Å². The number of ether oxygens (including phenoxy) is 1. The molecule has 3 aromatic rings. The molecule has 1 fully saturated rings. The highest BCUT2D eigenvalue weighted by atomic mass is 35.5. The zero-order chi connectivity index (χ0) is 14.2. The second-order valence-electron chi connectivity index (χ2n) is 5.65. The first-order valence-electron chi connectivity index (χ1n) is 7.56. The van der Waals surface area contributed by atoms with Crippen molar-refractivity contribution in [2.45, 2.75) is 13.5 Å². The fourth-order valence-electron chi connectivity index (χ4n) is 3.14. The predicted molar refractivity (Wildman–Crippen MR) is 97.2 cm³/mol. The summed E-state index contributed by atoms with van der Waals surface area (Å²) in [5, 5.41) is 0. The van der Waals surface area contributed by atoms with Gasteiger partial charge in [-0.3, -0.25) is 9.30 Å². The van der Waals surface area contributed by atoms with Gasteiger partial charge in [0.1, 0.15) is 0 Å². The topological polar surface area (TPSA) is 34.7 Å². The lowest BCUT2D eigenvalue weighted by molar-refractivity contribution is 0.0366. The van der Waals surface area contributed by atoms with Crippen LogP contribution in [-0.2, 0) is 11.3 Å². The molecule has 0 saturated carbocycles. The highest BCUT2D eigenvalue weighted by Gasteiger charge is 2.14. The largest absolute Gasteiger partial charge is 0.379 e. The number of benzene rings is 1. The molecule has 3 heterocycles. The summed E-state index contributed by atoms with van der Waals surface area (Å²) in [6.07, 6.45) is 2.11. The molecule has 126 valence electrons. The van der Waals surface area contributed by atoms with Crippen LogP contribution in [0.15, 0.2) is 30.5 Å². The van der Waals surface area contributed by atoms with E-state index >= 15 is 0 Å². The van der Waals surface area contributed by atoms with E-state index in [9.17, 15) is 0 Å². The first-order valence-corrected chi connectivity index (χ1v) is 7.56. The van der Waals surface area contributed by atoms with Gasteiger partial charge in [-0.25, -0.2) is 4.98 Å². The molecule has 7 heteroatoms. The smallest absolute Gasteiger partial charge is 0.215 e. The number of rotatable bonds is 3. The van der Waals surface area contributed by atoms with E-state index in [2.05, 4.69) is 44.3 Å². The number of fused-ring (bicyclic) bond motifs is 3. The molecule has 1 saturated heterocycles. The molecule has 1 aromatic carbocycles. The van der Waals surface area contributed by atoms with Gasteiger partial charge in [0.15, 0.2) is 0 Å². The molecule has 0 bridgehead atoms. The normalized spacial score (nSPS) is 15.5. The lowest BCUT2D eigenvalue weighted by Crippen LogP contribution is -2.38. The second-order valence-corrected chi connectivity index (χ2v) is 5.65. The van der Waals surface area contributed by atoms with Gasteiger partial charge in [0.2, 0.25) is 5.78 Å². The Morgan fingerprint density at radius 2 is 1.74 bits per heavy atom. The summed E-state index contributed by atoms with van der Waals surface area (Å²) < 4.78 is 9.95. The van der Waals surface area contributed by atoms with Crippen LogP contribution in [0, 0.1) is 6.92 Å². The van der Waals surface area contributed by atoms with Crippen molar-refractivity contribution in [1.82, 2.24) is 18.9 Å². The van der Waals surface area contributed by atoms with Crippen LogP contribution in [0.2, 0.25) is 0 Å². The monoisotopic (exact) mass is 356 g/mol. The molecule has 0 unspecified atom stereocenters. The van der Waals surface area contributed by atoms with Crippen molar-refractivity contribution in [1.29, 1.82) is 0 Å². The van der Waals surface area contributed by atoms with E-state index < -0.39 is 0 Å². The molecular weight excluding hydrogens is 335 g/mol. The minimum Gasteiger partial charge on any atom is -0.379 e. The fourth-order valence-corrected chi connectivity index (χ4v) is 3.14. The molecule has 0 spiro atoms. The van der Waals surface area contributed by atoms with Gasteiger partial charge < -0.3 is 9.30 Å². The Bertz CT molecular complexity index is 777. The van der Waals surface area contributed by atoms with Crippen molar-refractivity contribution < 1.29 is 4.74 Å². The van der Waals surface area contributed by atoms with E-state index in [1.165, 1.54) is 11.0 Å². The molecule has 1 aliphatic heterocycles. The van der Waals surface area contributed by atoms with Crippen molar-refractivity contribution in [3.8, 4) is 0 Å². The third-order valence-corrected chi connectivity index (χ3v) is 4.22. The van der Waals surface area contributed by atoms with Gasteiger partial charge >= 0.3 is 0 Å². The van der Waals surface area contributed by atoms with Crippen LogP contribution in [0.25, 0.3) is 16.8 Å². The van der Waals surface area contributed by atoms with E-state index in [4.69, 9.17) is 9.72 Å². The lowest BCUT2D eigenvalue weighted by Gasteiger charge is -2.26. The third-order valence-electron chi connectivity index (χ3n) is 4.22. The lowest BCUT2D eigenvalue weighted by atomic mass is 10.3.